The highest BCUT2D eigenvalue weighted by atomic mass is 32.2. The molecule has 2 aromatic rings. The van der Waals surface area contributed by atoms with Crippen molar-refractivity contribution in [3.05, 3.63) is 47.3 Å². The van der Waals surface area contributed by atoms with Crippen LogP contribution in [0.25, 0.3) is 11.8 Å². The van der Waals surface area contributed by atoms with E-state index in [1.54, 1.807) is 10.7 Å². The Labute approximate surface area is 260 Å². The first-order chi connectivity index (χ1) is 21.0. The van der Waals surface area contributed by atoms with Crippen LogP contribution in [0.15, 0.2) is 30.1 Å². The first-order valence-electron chi connectivity index (χ1n) is 15.8. The summed E-state index contributed by atoms with van der Waals surface area (Å²) in [4.78, 5) is 31.2. The molecule has 0 spiro atoms. The fourth-order valence-corrected chi connectivity index (χ4v) is 11.7. The van der Waals surface area contributed by atoms with E-state index in [-0.39, 0.29) is 53.7 Å². The van der Waals surface area contributed by atoms with Gasteiger partial charge in [0.1, 0.15) is 0 Å². The summed E-state index contributed by atoms with van der Waals surface area (Å²) in [6.45, 7) is 4.40. The number of rotatable bonds is 6. The van der Waals surface area contributed by atoms with E-state index in [4.69, 9.17) is 4.74 Å². The van der Waals surface area contributed by atoms with Gasteiger partial charge in [-0.15, -0.1) is 0 Å². The average Bonchev–Trinajstić information content (AvgIpc) is 3.71. The molecule has 3 heterocycles. The molecule has 0 unspecified atom stereocenters. The van der Waals surface area contributed by atoms with Gasteiger partial charge in [0, 0.05) is 12.4 Å². The zero-order valence-corrected chi connectivity index (χ0v) is 26.0. The molecule has 0 bridgehead atoms. The van der Waals surface area contributed by atoms with E-state index in [0.717, 1.165) is 35.9 Å². The number of ether oxygens (including phenoxy) is 1. The smallest absolute Gasteiger partial charge is 0.337 e. The van der Waals surface area contributed by atoms with Crippen LogP contribution in [0, 0.1) is 39.9 Å². The van der Waals surface area contributed by atoms with Crippen molar-refractivity contribution in [2.75, 3.05) is 19.0 Å². The van der Waals surface area contributed by atoms with Crippen molar-refractivity contribution in [3.63, 3.8) is 0 Å². The molecule has 44 heavy (non-hydrogen) atoms. The molecule has 11 heteroatoms. The van der Waals surface area contributed by atoms with E-state index in [0.29, 0.717) is 37.8 Å². The van der Waals surface area contributed by atoms with E-state index >= 15 is 0 Å². The van der Waals surface area contributed by atoms with E-state index < -0.39 is 34.5 Å². The molecule has 4 aliphatic carbocycles. The molecule has 2 aromatic heterocycles. The molecule has 0 aromatic carbocycles. The van der Waals surface area contributed by atoms with Gasteiger partial charge in [-0.3, -0.25) is 4.79 Å². The molecule has 236 valence electrons. The zero-order chi connectivity index (χ0) is 31.1. The number of hydrogen-bond donors (Lipinski definition) is 3. The van der Waals surface area contributed by atoms with Crippen LogP contribution < -0.4 is 0 Å². The summed E-state index contributed by atoms with van der Waals surface area (Å²) in [5, 5.41) is 36.9. The van der Waals surface area contributed by atoms with Gasteiger partial charge in [-0.2, -0.15) is 9.49 Å². The third-order valence-corrected chi connectivity index (χ3v) is 13.3. The fourth-order valence-electron chi connectivity index (χ4n) is 10.7. The van der Waals surface area contributed by atoms with Crippen LogP contribution in [-0.2, 0) is 20.7 Å². The molecule has 3 saturated carbocycles. The van der Waals surface area contributed by atoms with Crippen molar-refractivity contribution in [3.8, 4) is 5.69 Å². The Morgan fingerprint density at radius 1 is 1.20 bits per heavy atom. The molecule has 0 radical (unpaired) electrons. The first kappa shape index (κ1) is 30.1. The number of fused-ring (bicyclic) bond motifs is 6. The van der Waals surface area contributed by atoms with Crippen LogP contribution in [0.5, 0.6) is 0 Å². The van der Waals surface area contributed by atoms with E-state index in [1.165, 1.54) is 17.8 Å². The van der Waals surface area contributed by atoms with Gasteiger partial charge in [-0.1, -0.05) is 31.2 Å². The minimum atomic E-state index is -1.64. The van der Waals surface area contributed by atoms with Crippen molar-refractivity contribution in [1.29, 1.82) is 0 Å². The number of carbonyl (C=O) groups excluding carboxylic acids is 1. The topological polar surface area (TPSA) is 135 Å². The number of aromatic nitrogens is 3. The number of nitrogens with zero attached hydrogens (tertiary/aromatic N) is 3. The maximum absolute atomic E-state index is 14.3. The Morgan fingerprint density at radius 2 is 2.02 bits per heavy atom. The van der Waals surface area contributed by atoms with Crippen molar-refractivity contribution >= 4 is 28.9 Å². The molecular formula is C33H40FN3O6S. The lowest BCUT2D eigenvalue weighted by Gasteiger charge is -2.62. The normalized spacial score (nSPS) is 39.2. The lowest BCUT2D eigenvalue weighted by molar-refractivity contribution is -0.210. The second kappa shape index (κ2) is 10.5. The lowest BCUT2D eigenvalue weighted by Crippen LogP contribution is -2.67. The molecule has 0 amide bonds. The summed E-state index contributed by atoms with van der Waals surface area (Å²) in [6.07, 6.45) is 9.37. The number of carbonyl (C=O) groups is 2. The predicted octanol–water partition coefficient (Wildman–Crippen LogP) is 4.43. The lowest BCUT2D eigenvalue weighted by atomic mass is 9.43. The van der Waals surface area contributed by atoms with Crippen LogP contribution in [0.4, 0.5) is 4.39 Å². The quantitative estimate of drug-likeness (QED) is 0.399. The summed E-state index contributed by atoms with van der Waals surface area (Å²) in [5.74, 6) is -1.36. The van der Waals surface area contributed by atoms with Gasteiger partial charge >= 0.3 is 5.97 Å². The zero-order valence-electron chi connectivity index (χ0n) is 25.2. The van der Waals surface area contributed by atoms with Crippen LogP contribution >= 0.6 is 11.8 Å². The molecule has 4 fully saturated rings. The van der Waals surface area contributed by atoms with Crippen LogP contribution in [0.3, 0.4) is 0 Å². The highest BCUT2D eigenvalue weighted by Gasteiger charge is 2.77. The SMILES string of the molecule is C[C@]12Cc3cnn(-c4ccc(F)nc4)c3C=C1CC[C@@H]1[C@@H]2[C@@H](O)C[C@@]2(C)[C@H]1CC[C@]2(C(=O)SCCO)[C@@]1(C(=O)O)CCCO1. The number of allylic oxidation sites excluding steroid dienone is 1. The van der Waals surface area contributed by atoms with Gasteiger partial charge in [0.15, 0.2) is 10.7 Å². The van der Waals surface area contributed by atoms with Crippen LogP contribution in [0.1, 0.15) is 70.1 Å². The molecule has 1 aliphatic heterocycles. The van der Waals surface area contributed by atoms with Crippen molar-refractivity contribution in [2.45, 2.75) is 76.9 Å². The monoisotopic (exact) mass is 625 g/mol. The summed E-state index contributed by atoms with van der Waals surface area (Å²) in [6, 6.07) is 2.98. The Morgan fingerprint density at radius 3 is 2.70 bits per heavy atom. The predicted molar refractivity (Wildman–Crippen MR) is 161 cm³/mol. The standard InChI is InChI=1S/C33H40FN3O6S/c1-30-15-19-17-36-37(21-5-7-26(34)35-18-21)24(19)14-20(30)4-6-22-23-8-10-32(29(42)44-13-11-38,31(23,2)16-25(39)27(22)30)33(28(40)41)9-3-12-43-33/h5,7,14,17-18,22-23,25,27,38-39H,3-4,6,8-13,15-16H2,1-2H3,(H,40,41)/t22-,23-,25-,27+,30-,31-,32+,33-/m0/s1. The number of aliphatic hydroxyl groups excluding tert-OH is 2. The molecule has 9 nitrogen and oxygen atoms in total. The van der Waals surface area contributed by atoms with E-state index in [2.05, 4.69) is 23.1 Å². The summed E-state index contributed by atoms with van der Waals surface area (Å²) in [5.41, 5.74) is -0.118. The number of pyridine rings is 1. The molecule has 1 saturated heterocycles. The first-order valence-corrected chi connectivity index (χ1v) is 16.7. The van der Waals surface area contributed by atoms with Gasteiger partial charge in [-0.05, 0) is 104 Å². The number of thioether (sulfide) groups is 1. The molecule has 3 N–H and O–H groups in total. The number of aliphatic carboxylic acids is 1. The molecule has 7 rings (SSSR count). The van der Waals surface area contributed by atoms with Crippen molar-refractivity contribution in [2.24, 2.45) is 34.0 Å². The third kappa shape index (κ3) is 3.88. The molecule has 8 atom stereocenters. The Bertz CT molecular complexity index is 1520. The Hall–Kier alpha value is -2.60. The van der Waals surface area contributed by atoms with Gasteiger partial charge in [0.25, 0.3) is 0 Å². The minimum Gasteiger partial charge on any atom is -0.479 e. The summed E-state index contributed by atoms with van der Waals surface area (Å²) < 4.78 is 21.4. The second-order valence-corrected chi connectivity index (χ2v) is 15.0. The molecule has 5 aliphatic rings. The highest BCUT2D eigenvalue weighted by Crippen LogP contribution is 2.74. The average molecular weight is 626 g/mol. The number of carboxylic acids is 1. The summed E-state index contributed by atoms with van der Waals surface area (Å²) in [7, 11) is 0. The van der Waals surface area contributed by atoms with Gasteiger partial charge < -0.3 is 20.1 Å². The van der Waals surface area contributed by atoms with Crippen LogP contribution in [-0.4, -0.2) is 71.8 Å². The number of aliphatic hydroxyl groups is 2. The number of hydrogen-bond acceptors (Lipinski definition) is 8. The highest BCUT2D eigenvalue weighted by molar-refractivity contribution is 8.13. The van der Waals surface area contributed by atoms with Gasteiger partial charge in [0.2, 0.25) is 5.95 Å². The summed E-state index contributed by atoms with van der Waals surface area (Å²) >= 11 is 1.01. The van der Waals surface area contributed by atoms with Gasteiger partial charge in [0.05, 0.1) is 41.9 Å². The van der Waals surface area contributed by atoms with Gasteiger partial charge in [-0.25, -0.2) is 14.5 Å². The van der Waals surface area contributed by atoms with Crippen molar-refractivity contribution in [1.82, 2.24) is 14.8 Å². The van der Waals surface area contributed by atoms with Crippen LogP contribution in [0.2, 0.25) is 0 Å². The largest absolute Gasteiger partial charge is 0.479 e. The fraction of sp³-hybridized carbons (Fsp3) is 0.636. The Kier molecular flexibility index (Phi) is 7.16. The van der Waals surface area contributed by atoms with Crippen molar-refractivity contribution < 1.29 is 34.0 Å². The number of carboxylic acid groups (broad SMARTS) is 1. The number of halogens is 1. The minimum absolute atomic E-state index is 0.0442. The second-order valence-electron chi connectivity index (χ2n) is 14.0. The molecular weight excluding hydrogens is 585 g/mol. The Balaban J connectivity index is 1.27. The third-order valence-electron chi connectivity index (χ3n) is 12.3. The maximum Gasteiger partial charge on any atom is 0.337 e. The van der Waals surface area contributed by atoms with E-state index in [9.17, 15) is 29.3 Å². The van der Waals surface area contributed by atoms with E-state index in [1.807, 2.05) is 13.1 Å². The maximum atomic E-state index is 14.3.